The van der Waals surface area contributed by atoms with E-state index in [9.17, 15) is 9.59 Å². The summed E-state index contributed by atoms with van der Waals surface area (Å²) in [5.41, 5.74) is 0. The molecule has 0 aromatic rings. The van der Waals surface area contributed by atoms with E-state index in [4.69, 9.17) is 14.3 Å². The van der Waals surface area contributed by atoms with Gasteiger partial charge in [-0.2, -0.15) is 0 Å². The van der Waals surface area contributed by atoms with Crippen LogP contribution in [0.15, 0.2) is 0 Å². The zero-order chi connectivity index (χ0) is 21.4. The van der Waals surface area contributed by atoms with Crippen molar-refractivity contribution < 1.29 is 18.4 Å². The molecular weight excluding hydrogens is 318 g/mol. The van der Waals surface area contributed by atoms with Crippen LogP contribution >= 0.6 is 0 Å². The first kappa shape index (κ1) is 18.2. The molecule has 0 saturated heterocycles. The quantitative estimate of drug-likeness (QED) is 0.214. The van der Waals surface area contributed by atoms with Gasteiger partial charge in [-0.3, -0.25) is 20.3 Å². The van der Waals surface area contributed by atoms with Gasteiger partial charge in [-0.05, 0) is 13.3 Å². The molecule has 0 aliphatic heterocycles. The van der Waals surface area contributed by atoms with Crippen LogP contribution in [-0.4, -0.2) is 42.9 Å². The third kappa shape index (κ3) is 14.5. The highest BCUT2D eigenvalue weighted by Crippen LogP contribution is 2.11. The van der Waals surface area contributed by atoms with Gasteiger partial charge in [-0.1, -0.05) is 64.7 Å². The first-order valence-electron chi connectivity index (χ1n) is 11.0. The van der Waals surface area contributed by atoms with Gasteiger partial charge in [-0.25, -0.2) is 0 Å². The van der Waals surface area contributed by atoms with Gasteiger partial charge in [0.2, 0.25) is 5.91 Å². The summed E-state index contributed by atoms with van der Waals surface area (Å²) in [7, 11) is 0. The zero-order valence-electron chi connectivity index (χ0n) is 18.9. The first-order chi connectivity index (χ1) is 13.2. The van der Waals surface area contributed by atoms with Crippen molar-refractivity contribution in [2.24, 2.45) is 0 Å². The van der Waals surface area contributed by atoms with Crippen molar-refractivity contribution in [1.29, 1.82) is 5.41 Å². The fourth-order valence-electron chi connectivity index (χ4n) is 2.45. The molecule has 25 heavy (non-hydrogen) atoms. The Morgan fingerprint density at radius 1 is 1.00 bits per heavy atom. The van der Waals surface area contributed by atoms with Crippen molar-refractivity contribution in [3.8, 4) is 0 Å². The maximum Gasteiger partial charge on any atom is 0.325 e. The molecule has 146 valence electrons. The first-order valence-corrected chi connectivity index (χ1v) is 9.54. The van der Waals surface area contributed by atoms with Crippen LogP contribution in [0.3, 0.4) is 0 Å². The number of ether oxygens (including phenoxy) is 1. The normalized spacial score (nSPS) is 12.6. The fourth-order valence-corrected chi connectivity index (χ4v) is 2.45. The minimum absolute atomic E-state index is 0.117. The van der Waals surface area contributed by atoms with Crippen molar-refractivity contribution in [3.05, 3.63) is 0 Å². The van der Waals surface area contributed by atoms with Crippen LogP contribution in [0.25, 0.3) is 0 Å². The molecule has 0 saturated carbocycles. The van der Waals surface area contributed by atoms with E-state index in [1.54, 1.807) is 6.92 Å². The second-order valence-electron chi connectivity index (χ2n) is 6.22. The predicted molar refractivity (Wildman–Crippen MR) is 102 cm³/mol. The lowest BCUT2D eigenvalue weighted by Crippen LogP contribution is -2.43. The molecule has 0 bridgehead atoms. The van der Waals surface area contributed by atoms with E-state index in [1.165, 1.54) is 38.5 Å². The Balaban J connectivity index is 4.05. The summed E-state index contributed by atoms with van der Waals surface area (Å²) >= 11 is 0. The van der Waals surface area contributed by atoms with Crippen molar-refractivity contribution in [1.82, 2.24) is 10.2 Å². The maximum absolute atomic E-state index is 12.0. The smallest absolute Gasteiger partial charge is 0.325 e. The second kappa shape index (κ2) is 15.9. The van der Waals surface area contributed by atoms with Crippen LogP contribution in [-0.2, 0) is 14.3 Å². The van der Waals surface area contributed by atoms with Gasteiger partial charge in [0.1, 0.15) is 6.54 Å². The number of unbranched alkanes of at least 4 members (excludes halogenated alkanes) is 9. The Morgan fingerprint density at radius 2 is 1.56 bits per heavy atom. The minimum Gasteiger partial charge on any atom is -0.465 e. The number of hydrogen-bond acceptors (Lipinski definition) is 4. The fraction of sp³-hybridized carbons (Fsp3) is 0.842. The molecule has 6 heteroatoms. The lowest BCUT2D eigenvalue weighted by Gasteiger charge is -2.19. The molecule has 0 unspecified atom stereocenters. The summed E-state index contributed by atoms with van der Waals surface area (Å²) in [6.45, 7) is 0.609. The van der Waals surface area contributed by atoms with Gasteiger partial charge in [0.05, 0.1) is 6.61 Å². The average Bonchev–Trinajstić information content (AvgIpc) is 2.60. The third-order valence-corrected chi connectivity index (χ3v) is 3.88. The summed E-state index contributed by atoms with van der Waals surface area (Å²) in [4.78, 5) is 24.0. The SMILES string of the molecule is [2H]C([2H])([2H])N(CC(=O)OCC)C(=N)NC(=O)CCCCCCCCCCCC. The molecule has 6 nitrogen and oxygen atoms in total. The van der Waals surface area contributed by atoms with E-state index in [2.05, 4.69) is 12.2 Å². The number of carbonyl (C=O) groups is 2. The van der Waals surface area contributed by atoms with Crippen molar-refractivity contribution in [2.45, 2.75) is 84.5 Å². The number of rotatable bonds is 14. The number of nitrogens with zero attached hydrogens (tertiary/aromatic N) is 1. The van der Waals surface area contributed by atoms with Gasteiger partial charge in [0.15, 0.2) is 5.96 Å². The molecule has 0 heterocycles. The third-order valence-electron chi connectivity index (χ3n) is 3.88. The van der Waals surface area contributed by atoms with Crippen LogP contribution < -0.4 is 5.32 Å². The van der Waals surface area contributed by atoms with Crippen LogP contribution in [0, 0.1) is 5.41 Å². The highest BCUT2D eigenvalue weighted by Gasteiger charge is 2.12. The lowest BCUT2D eigenvalue weighted by atomic mass is 10.1. The second-order valence-corrected chi connectivity index (χ2v) is 6.22. The average molecular weight is 359 g/mol. The molecule has 0 radical (unpaired) electrons. The summed E-state index contributed by atoms with van der Waals surface area (Å²) in [5.74, 6) is -1.78. The van der Waals surface area contributed by atoms with Gasteiger partial charge in [0.25, 0.3) is 0 Å². The Labute approximate surface area is 157 Å². The number of likely N-dealkylation sites (N-methyl/N-ethyl adjacent to an activating group) is 1. The molecule has 1 amide bonds. The molecule has 0 aromatic heterocycles. The van der Waals surface area contributed by atoms with Crippen LogP contribution in [0.4, 0.5) is 0 Å². The van der Waals surface area contributed by atoms with Crippen molar-refractivity contribution in [2.75, 3.05) is 20.1 Å². The summed E-state index contributed by atoms with van der Waals surface area (Å²) in [6.07, 6.45) is 11.8. The molecule has 0 aromatic carbocycles. The van der Waals surface area contributed by atoms with E-state index >= 15 is 0 Å². The van der Waals surface area contributed by atoms with Crippen LogP contribution in [0.2, 0.25) is 0 Å². The molecule has 0 spiro atoms. The van der Waals surface area contributed by atoms with Crippen molar-refractivity contribution >= 4 is 17.8 Å². The topological polar surface area (TPSA) is 82.5 Å². The lowest BCUT2D eigenvalue weighted by molar-refractivity contribution is -0.143. The highest BCUT2D eigenvalue weighted by atomic mass is 16.5. The van der Waals surface area contributed by atoms with Crippen LogP contribution in [0.5, 0.6) is 0 Å². The zero-order valence-corrected chi connectivity index (χ0v) is 15.9. The standard InChI is InChI=1S/C19H37N3O3/c1-4-6-7-8-9-10-11-12-13-14-15-17(23)21-19(20)22(3)16-18(24)25-5-2/h4-16H2,1-3H3,(H2,20,21,23)/i3D3. The number of nitrogens with one attached hydrogen (secondary N) is 2. The van der Waals surface area contributed by atoms with Crippen LogP contribution in [0.1, 0.15) is 88.6 Å². The predicted octanol–water partition coefficient (Wildman–Crippen LogP) is 3.84. The number of hydrogen-bond donors (Lipinski definition) is 2. The highest BCUT2D eigenvalue weighted by molar-refractivity contribution is 5.96. The molecule has 0 rings (SSSR count). The Morgan fingerprint density at radius 3 is 2.08 bits per heavy atom. The van der Waals surface area contributed by atoms with E-state index in [1.807, 2.05) is 0 Å². The molecule has 0 fully saturated rings. The van der Waals surface area contributed by atoms with E-state index < -0.39 is 31.4 Å². The van der Waals surface area contributed by atoms with Gasteiger partial charge >= 0.3 is 5.97 Å². The Hall–Kier alpha value is -1.59. The van der Waals surface area contributed by atoms with Gasteiger partial charge in [0, 0.05) is 17.5 Å². The molecular formula is C19H37N3O3. The monoisotopic (exact) mass is 358 g/mol. The number of guanidine groups is 1. The summed E-state index contributed by atoms with van der Waals surface area (Å²) in [6, 6.07) is 0. The van der Waals surface area contributed by atoms with E-state index in [0.717, 1.165) is 19.3 Å². The minimum atomic E-state index is -2.71. The number of carbonyl (C=O) groups excluding carboxylic acids is 2. The summed E-state index contributed by atoms with van der Waals surface area (Å²) < 4.78 is 27.0. The molecule has 0 atom stereocenters. The Kier molecular flexibility index (Phi) is 11.6. The van der Waals surface area contributed by atoms with E-state index in [0.29, 0.717) is 11.3 Å². The van der Waals surface area contributed by atoms with Crippen molar-refractivity contribution in [3.63, 3.8) is 0 Å². The van der Waals surface area contributed by atoms with E-state index in [-0.39, 0.29) is 13.0 Å². The van der Waals surface area contributed by atoms with Gasteiger partial charge in [-0.15, -0.1) is 0 Å². The largest absolute Gasteiger partial charge is 0.465 e. The van der Waals surface area contributed by atoms with Gasteiger partial charge < -0.3 is 9.64 Å². The summed E-state index contributed by atoms with van der Waals surface area (Å²) in [5, 5.41) is 10.1. The molecule has 0 aliphatic rings. The molecule has 2 N–H and O–H groups in total. The molecule has 0 aliphatic carbocycles. The number of amides is 1. The number of esters is 1. The Bertz CT molecular complexity index is 471. The maximum atomic E-state index is 12.0.